The normalized spacial score (nSPS) is 15.7. The van der Waals surface area contributed by atoms with Crippen LogP contribution in [0.25, 0.3) is 0 Å². The Labute approximate surface area is 138 Å². The minimum absolute atomic E-state index is 0.158. The van der Waals surface area contributed by atoms with Gasteiger partial charge in [0.25, 0.3) is 0 Å². The van der Waals surface area contributed by atoms with Crippen LogP contribution >= 0.6 is 11.8 Å². The summed E-state index contributed by atoms with van der Waals surface area (Å²) in [7, 11) is 0. The number of thioether (sulfide) groups is 1. The fourth-order valence-electron chi connectivity index (χ4n) is 2.56. The van der Waals surface area contributed by atoms with Gasteiger partial charge >= 0.3 is 0 Å². The molecule has 1 aliphatic rings. The molecule has 1 heterocycles. The van der Waals surface area contributed by atoms with Crippen molar-refractivity contribution in [3.63, 3.8) is 0 Å². The van der Waals surface area contributed by atoms with Crippen LogP contribution in [-0.2, 0) is 16.0 Å². The number of hydrogen-bond acceptors (Lipinski definition) is 3. The van der Waals surface area contributed by atoms with E-state index in [2.05, 4.69) is 37.4 Å². The fraction of sp³-hybridized carbons (Fsp3) is 0.611. The smallest absolute Gasteiger partial charge is 0.220 e. The molecule has 3 nitrogen and oxygen atoms in total. The van der Waals surface area contributed by atoms with Gasteiger partial charge in [0, 0.05) is 37.2 Å². The summed E-state index contributed by atoms with van der Waals surface area (Å²) in [5.74, 6) is 1.16. The number of benzene rings is 1. The molecule has 4 heteroatoms. The van der Waals surface area contributed by atoms with Gasteiger partial charge in [0.1, 0.15) is 0 Å². The molecule has 1 amide bonds. The minimum atomic E-state index is 0.158. The Morgan fingerprint density at radius 2 is 2.05 bits per heavy atom. The van der Waals surface area contributed by atoms with Crippen LogP contribution in [0.3, 0.4) is 0 Å². The first kappa shape index (κ1) is 17.4. The van der Waals surface area contributed by atoms with Crippen LogP contribution in [0.2, 0.25) is 0 Å². The molecule has 0 bridgehead atoms. The van der Waals surface area contributed by atoms with Crippen LogP contribution in [0, 0.1) is 13.8 Å². The van der Waals surface area contributed by atoms with E-state index in [0.29, 0.717) is 11.7 Å². The fourth-order valence-corrected chi connectivity index (χ4v) is 3.64. The van der Waals surface area contributed by atoms with Crippen molar-refractivity contribution in [2.24, 2.45) is 0 Å². The lowest BCUT2D eigenvalue weighted by Gasteiger charge is -2.21. The van der Waals surface area contributed by atoms with Gasteiger partial charge in [-0.1, -0.05) is 18.2 Å². The second kappa shape index (κ2) is 9.21. The van der Waals surface area contributed by atoms with Gasteiger partial charge < -0.3 is 10.1 Å². The first-order chi connectivity index (χ1) is 10.6. The molecule has 0 atom stereocenters. The maximum Gasteiger partial charge on any atom is 0.220 e. The van der Waals surface area contributed by atoms with E-state index in [1.54, 1.807) is 0 Å². The summed E-state index contributed by atoms with van der Waals surface area (Å²) in [5, 5.41) is 3.74. The van der Waals surface area contributed by atoms with E-state index < -0.39 is 0 Å². The van der Waals surface area contributed by atoms with E-state index in [4.69, 9.17) is 4.74 Å². The SMILES string of the molecule is Cc1ccc(CCC(=O)NCCSC2CCOCC2)cc1C. The molecule has 1 aromatic rings. The number of carbonyl (C=O) groups excluding carboxylic acids is 1. The first-order valence-corrected chi connectivity index (χ1v) is 9.22. The largest absolute Gasteiger partial charge is 0.381 e. The van der Waals surface area contributed by atoms with Crippen molar-refractivity contribution in [3.05, 3.63) is 34.9 Å². The Morgan fingerprint density at radius 1 is 1.27 bits per heavy atom. The molecule has 2 rings (SSSR count). The molecule has 1 N–H and O–H groups in total. The zero-order valence-electron chi connectivity index (χ0n) is 13.7. The van der Waals surface area contributed by atoms with Crippen molar-refractivity contribution in [1.29, 1.82) is 0 Å². The van der Waals surface area contributed by atoms with Gasteiger partial charge in [-0.2, -0.15) is 11.8 Å². The molecule has 1 aliphatic heterocycles. The average molecular weight is 321 g/mol. The van der Waals surface area contributed by atoms with E-state index in [0.717, 1.165) is 44.8 Å². The molecule has 1 fully saturated rings. The molecule has 122 valence electrons. The van der Waals surface area contributed by atoms with Crippen LogP contribution in [0.5, 0.6) is 0 Å². The Balaban J connectivity index is 1.58. The van der Waals surface area contributed by atoms with Gasteiger partial charge in [0.15, 0.2) is 0 Å². The molecule has 0 aromatic heterocycles. The average Bonchev–Trinajstić information content (AvgIpc) is 2.54. The summed E-state index contributed by atoms with van der Waals surface area (Å²) in [6, 6.07) is 6.44. The minimum Gasteiger partial charge on any atom is -0.381 e. The molecule has 0 saturated carbocycles. The molecule has 1 aromatic carbocycles. The van der Waals surface area contributed by atoms with Crippen LogP contribution < -0.4 is 5.32 Å². The highest BCUT2D eigenvalue weighted by atomic mass is 32.2. The van der Waals surface area contributed by atoms with E-state index >= 15 is 0 Å². The number of nitrogens with one attached hydrogen (secondary N) is 1. The maximum atomic E-state index is 11.9. The van der Waals surface area contributed by atoms with Crippen LogP contribution in [0.4, 0.5) is 0 Å². The van der Waals surface area contributed by atoms with E-state index in [-0.39, 0.29) is 5.91 Å². The van der Waals surface area contributed by atoms with Crippen LogP contribution in [0.15, 0.2) is 18.2 Å². The van der Waals surface area contributed by atoms with E-state index in [9.17, 15) is 4.79 Å². The Morgan fingerprint density at radius 3 is 2.77 bits per heavy atom. The second-order valence-corrected chi connectivity index (χ2v) is 7.36. The first-order valence-electron chi connectivity index (χ1n) is 8.17. The van der Waals surface area contributed by atoms with Gasteiger partial charge in [-0.3, -0.25) is 4.79 Å². The number of ether oxygens (including phenoxy) is 1. The third-order valence-corrected chi connectivity index (χ3v) is 5.54. The molecule has 0 spiro atoms. The highest BCUT2D eigenvalue weighted by Gasteiger charge is 2.13. The maximum absolute atomic E-state index is 11.9. The number of carbonyl (C=O) groups is 1. The van der Waals surface area contributed by atoms with Crippen molar-refractivity contribution in [3.8, 4) is 0 Å². The molecular weight excluding hydrogens is 294 g/mol. The topological polar surface area (TPSA) is 38.3 Å². The lowest BCUT2D eigenvalue weighted by atomic mass is 10.0. The summed E-state index contributed by atoms with van der Waals surface area (Å²) in [5.41, 5.74) is 3.85. The number of amides is 1. The number of hydrogen-bond donors (Lipinski definition) is 1. The van der Waals surface area contributed by atoms with Crippen LogP contribution in [-0.4, -0.2) is 36.7 Å². The Hall–Kier alpha value is -1.00. The molecule has 0 aliphatic carbocycles. The van der Waals surface area contributed by atoms with Crippen LogP contribution in [0.1, 0.15) is 36.0 Å². The molecule has 1 saturated heterocycles. The highest BCUT2D eigenvalue weighted by Crippen LogP contribution is 2.21. The van der Waals surface area contributed by atoms with Gasteiger partial charge in [-0.25, -0.2) is 0 Å². The zero-order chi connectivity index (χ0) is 15.8. The summed E-state index contributed by atoms with van der Waals surface area (Å²) >= 11 is 1.96. The molecule has 0 radical (unpaired) electrons. The number of aryl methyl sites for hydroxylation is 3. The zero-order valence-corrected chi connectivity index (χ0v) is 14.5. The second-order valence-electron chi connectivity index (χ2n) is 5.95. The molecule has 22 heavy (non-hydrogen) atoms. The van der Waals surface area contributed by atoms with Gasteiger partial charge in [-0.05, 0) is 49.8 Å². The summed E-state index contributed by atoms with van der Waals surface area (Å²) in [6.07, 6.45) is 3.68. The third-order valence-electron chi connectivity index (χ3n) is 4.16. The lowest BCUT2D eigenvalue weighted by Crippen LogP contribution is -2.27. The molecule has 0 unspecified atom stereocenters. The van der Waals surface area contributed by atoms with Gasteiger partial charge in [-0.15, -0.1) is 0 Å². The number of rotatable bonds is 7. The quantitative estimate of drug-likeness (QED) is 0.783. The van der Waals surface area contributed by atoms with Crippen molar-refractivity contribution >= 4 is 17.7 Å². The third kappa shape index (κ3) is 6.01. The van der Waals surface area contributed by atoms with Crippen molar-refractivity contribution in [1.82, 2.24) is 5.32 Å². The summed E-state index contributed by atoms with van der Waals surface area (Å²) in [4.78, 5) is 11.9. The summed E-state index contributed by atoms with van der Waals surface area (Å²) in [6.45, 7) is 6.78. The Bertz CT molecular complexity index is 484. The molecular formula is C18H27NO2S. The van der Waals surface area contributed by atoms with E-state index in [1.165, 1.54) is 16.7 Å². The van der Waals surface area contributed by atoms with Crippen molar-refractivity contribution in [2.45, 2.75) is 44.8 Å². The standard InChI is InChI=1S/C18H27NO2S/c1-14-3-4-16(13-15(14)2)5-6-18(20)19-9-12-22-17-7-10-21-11-8-17/h3-4,13,17H,5-12H2,1-2H3,(H,19,20). The van der Waals surface area contributed by atoms with Gasteiger partial charge in [0.05, 0.1) is 0 Å². The Kier molecular flexibility index (Phi) is 7.26. The summed E-state index contributed by atoms with van der Waals surface area (Å²) < 4.78 is 5.35. The predicted octanol–water partition coefficient (Wildman–Crippen LogP) is 3.26. The lowest BCUT2D eigenvalue weighted by molar-refractivity contribution is -0.120. The van der Waals surface area contributed by atoms with E-state index in [1.807, 2.05) is 11.8 Å². The monoisotopic (exact) mass is 321 g/mol. The van der Waals surface area contributed by atoms with Crippen molar-refractivity contribution < 1.29 is 9.53 Å². The van der Waals surface area contributed by atoms with Gasteiger partial charge in [0.2, 0.25) is 5.91 Å². The highest BCUT2D eigenvalue weighted by molar-refractivity contribution is 7.99. The predicted molar refractivity (Wildman–Crippen MR) is 93.5 cm³/mol. The van der Waals surface area contributed by atoms with Crippen molar-refractivity contribution in [2.75, 3.05) is 25.5 Å².